The van der Waals surface area contributed by atoms with Gasteiger partial charge in [-0.3, -0.25) is 0 Å². The van der Waals surface area contributed by atoms with Gasteiger partial charge in [-0.15, -0.1) is 0 Å². The molecule has 0 radical (unpaired) electrons. The number of rotatable bonds is 6. The van der Waals surface area contributed by atoms with Gasteiger partial charge in [-0.2, -0.15) is 4.98 Å². The fourth-order valence-electron chi connectivity index (χ4n) is 3.88. The van der Waals surface area contributed by atoms with Crippen molar-refractivity contribution in [3.05, 3.63) is 60.3 Å². The number of benzene rings is 1. The topological polar surface area (TPSA) is 77.4 Å². The highest BCUT2D eigenvalue weighted by Gasteiger charge is 2.26. The first kappa shape index (κ1) is 17.9. The van der Waals surface area contributed by atoms with Crippen LogP contribution in [0, 0.1) is 6.92 Å². The van der Waals surface area contributed by atoms with Crippen molar-refractivity contribution < 1.29 is 13.7 Å². The number of aryl methyl sites for hydroxylation is 1. The van der Waals surface area contributed by atoms with Crippen LogP contribution in [0.3, 0.4) is 0 Å². The molecule has 5 rings (SSSR count). The quantitative estimate of drug-likeness (QED) is 0.484. The highest BCUT2D eigenvalue weighted by atomic mass is 16.5. The highest BCUT2D eigenvalue weighted by molar-refractivity contribution is 5.98. The maximum atomic E-state index is 5.90. The summed E-state index contributed by atoms with van der Waals surface area (Å²) in [6, 6.07) is 12.0. The molecule has 3 aromatic heterocycles. The molecular formula is C22H22N4O3. The zero-order valence-corrected chi connectivity index (χ0v) is 16.2. The second-order valence-electron chi connectivity index (χ2n) is 7.32. The molecule has 0 spiro atoms. The lowest BCUT2D eigenvalue weighted by atomic mass is 10.0. The Morgan fingerprint density at radius 2 is 2.07 bits per heavy atom. The molecule has 1 aromatic carbocycles. The van der Waals surface area contributed by atoms with Crippen LogP contribution in [0.15, 0.2) is 57.9 Å². The van der Waals surface area contributed by atoms with Crippen LogP contribution >= 0.6 is 0 Å². The highest BCUT2D eigenvalue weighted by Crippen LogP contribution is 2.35. The van der Waals surface area contributed by atoms with Crippen molar-refractivity contribution in [2.45, 2.75) is 32.4 Å². The maximum Gasteiger partial charge on any atom is 0.263 e. The molecular weight excluding hydrogens is 368 g/mol. The van der Waals surface area contributed by atoms with E-state index in [9.17, 15) is 0 Å². The van der Waals surface area contributed by atoms with E-state index in [1.807, 2.05) is 30.3 Å². The number of furan rings is 1. The van der Waals surface area contributed by atoms with Gasteiger partial charge in [-0.05, 0) is 37.5 Å². The normalized spacial score (nSPS) is 16.5. The van der Waals surface area contributed by atoms with Gasteiger partial charge in [0.25, 0.3) is 5.71 Å². The zero-order valence-electron chi connectivity index (χ0n) is 16.2. The van der Waals surface area contributed by atoms with Gasteiger partial charge in [0.15, 0.2) is 0 Å². The van der Waals surface area contributed by atoms with Crippen LogP contribution in [-0.2, 0) is 11.3 Å². The third kappa shape index (κ3) is 3.49. The molecule has 0 saturated carbocycles. The second kappa shape index (κ2) is 7.67. The summed E-state index contributed by atoms with van der Waals surface area (Å²) in [6.07, 6.45) is 5.50. The number of anilines is 1. The molecule has 4 heterocycles. The van der Waals surface area contributed by atoms with Gasteiger partial charge in [-0.25, -0.2) is 4.98 Å². The average molecular weight is 390 g/mol. The second-order valence-corrected chi connectivity index (χ2v) is 7.32. The molecule has 0 aliphatic carbocycles. The van der Waals surface area contributed by atoms with Gasteiger partial charge in [0.05, 0.1) is 18.9 Å². The van der Waals surface area contributed by atoms with Crippen LogP contribution in [-0.4, -0.2) is 34.4 Å². The minimum absolute atomic E-state index is 0.164. The molecule has 7 nitrogen and oxygen atoms in total. The summed E-state index contributed by atoms with van der Waals surface area (Å²) < 4.78 is 17.1. The van der Waals surface area contributed by atoms with E-state index in [4.69, 9.17) is 13.7 Å². The maximum absolute atomic E-state index is 5.90. The molecule has 0 bridgehead atoms. The smallest absolute Gasteiger partial charge is 0.263 e. The van der Waals surface area contributed by atoms with Crippen LogP contribution in [0.5, 0.6) is 0 Å². The number of aromatic nitrogens is 3. The monoisotopic (exact) mass is 390 g/mol. The van der Waals surface area contributed by atoms with E-state index in [-0.39, 0.29) is 6.10 Å². The minimum Gasteiger partial charge on any atom is -0.467 e. The third-order valence-electron chi connectivity index (χ3n) is 5.33. The minimum atomic E-state index is 0.164. The Bertz CT molecular complexity index is 1100. The van der Waals surface area contributed by atoms with Gasteiger partial charge in [-0.1, -0.05) is 29.4 Å². The summed E-state index contributed by atoms with van der Waals surface area (Å²) in [7, 11) is 0. The molecule has 29 heavy (non-hydrogen) atoms. The Hall–Kier alpha value is -3.19. The SMILES string of the molecule is Cc1ccccc1-c1noc2ncnc(N(Cc3ccco3)C[C@H]3CCCO3)c12. The summed E-state index contributed by atoms with van der Waals surface area (Å²) in [5.74, 6) is 1.64. The van der Waals surface area contributed by atoms with Crippen molar-refractivity contribution in [2.24, 2.45) is 0 Å². The Labute approximate surface area is 168 Å². The van der Waals surface area contributed by atoms with Gasteiger partial charge in [0, 0.05) is 18.7 Å². The van der Waals surface area contributed by atoms with Crippen molar-refractivity contribution in [2.75, 3.05) is 18.1 Å². The zero-order chi connectivity index (χ0) is 19.6. The molecule has 1 atom stereocenters. The number of ether oxygens (including phenoxy) is 1. The van der Waals surface area contributed by atoms with Gasteiger partial charge >= 0.3 is 0 Å². The standard InChI is InChI=1S/C22H22N4O3/c1-15-6-2-3-9-18(15)20-19-21(23-14-24-22(19)29-25-20)26(12-16-7-4-10-27-16)13-17-8-5-11-28-17/h2-4,6-7,9-10,14,17H,5,8,11-13H2,1H3/t17-/m1/s1. The average Bonchev–Trinajstić information content (AvgIpc) is 3.50. The number of fused-ring (bicyclic) bond motifs is 1. The lowest BCUT2D eigenvalue weighted by Crippen LogP contribution is -2.32. The van der Waals surface area contributed by atoms with Crippen LogP contribution in [0.25, 0.3) is 22.4 Å². The first-order chi connectivity index (χ1) is 14.3. The first-order valence-corrected chi connectivity index (χ1v) is 9.85. The van der Waals surface area contributed by atoms with Gasteiger partial charge in [0.1, 0.15) is 29.0 Å². The number of nitrogens with zero attached hydrogens (tertiary/aromatic N) is 4. The lowest BCUT2D eigenvalue weighted by Gasteiger charge is -2.26. The van der Waals surface area contributed by atoms with Crippen molar-refractivity contribution in [1.29, 1.82) is 0 Å². The van der Waals surface area contributed by atoms with E-state index in [2.05, 4.69) is 33.0 Å². The molecule has 4 aromatic rings. The Morgan fingerprint density at radius 1 is 1.14 bits per heavy atom. The van der Waals surface area contributed by atoms with Crippen molar-refractivity contribution in [3.8, 4) is 11.3 Å². The summed E-state index contributed by atoms with van der Waals surface area (Å²) >= 11 is 0. The van der Waals surface area contributed by atoms with Crippen molar-refractivity contribution >= 4 is 16.9 Å². The van der Waals surface area contributed by atoms with Crippen LogP contribution < -0.4 is 4.90 Å². The molecule has 1 fully saturated rings. The van der Waals surface area contributed by atoms with Crippen molar-refractivity contribution in [3.63, 3.8) is 0 Å². The van der Waals surface area contributed by atoms with E-state index >= 15 is 0 Å². The van der Waals surface area contributed by atoms with E-state index in [1.54, 1.807) is 6.26 Å². The van der Waals surface area contributed by atoms with Crippen LogP contribution in [0.2, 0.25) is 0 Å². The molecule has 1 aliphatic heterocycles. The third-order valence-corrected chi connectivity index (χ3v) is 5.33. The summed E-state index contributed by atoms with van der Waals surface area (Å²) in [4.78, 5) is 11.1. The molecule has 0 N–H and O–H groups in total. The largest absolute Gasteiger partial charge is 0.467 e. The van der Waals surface area contributed by atoms with E-state index in [0.717, 1.165) is 53.2 Å². The Morgan fingerprint density at radius 3 is 2.86 bits per heavy atom. The molecule has 1 saturated heterocycles. The fraction of sp³-hybridized carbons (Fsp3) is 0.318. The van der Waals surface area contributed by atoms with Crippen molar-refractivity contribution in [1.82, 2.24) is 15.1 Å². The first-order valence-electron chi connectivity index (χ1n) is 9.85. The molecule has 148 valence electrons. The van der Waals surface area contributed by atoms with Crippen LogP contribution in [0.1, 0.15) is 24.2 Å². The lowest BCUT2D eigenvalue weighted by molar-refractivity contribution is 0.115. The van der Waals surface area contributed by atoms with Gasteiger partial charge < -0.3 is 18.6 Å². The van der Waals surface area contributed by atoms with Gasteiger partial charge in [0.2, 0.25) is 0 Å². The molecule has 0 unspecified atom stereocenters. The van der Waals surface area contributed by atoms with E-state index in [1.165, 1.54) is 6.33 Å². The summed E-state index contributed by atoms with van der Waals surface area (Å²) in [5.41, 5.74) is 3.36. The summed E-state index contributed by atoms with van der Waals surface area (Å²) in [5, 5.41) is 5.15. The predicted octanol–water partition coefficient (Wildman–Crippen LogP) is 4.37. The van der Waals surface area contributed by atoms with E-state index < -0.39 is 0 Å². The van der Waals surface area contributed by atoms with E-state index in [0.29, 0.717) is 18.8 Å². The fourth-order valence-corrected chi connectivity index (χ4v) is 3.88. The van der Waals surface area contributed by atoms with Crippen LogP contribution in [0.4, 0.5) is 5.82 Å². The molecule has 7 heteroatoms. The Kier molecular flexibility index (Phi) is 4.73. The summed E-state index contributed by atoms with van der Waals surface area (Å²) in [6.45, 7) is 4.16. The number of hydrogen-bond donors (Lipinski definition) is 0. The molecule has 0 amide bonds. The Balaban J connectivity index is 1.62. The predicted molar refractivity (Wildman–Crippen MR) is 109 cm³/mol. The number of hydrogen-bond acceptors (Lipinski definition) is 7. The molecule has 1 aliphatic rings.